The number of halogens is 2. The number of nitrogens with zero attached hydrogens (tertiary/aromatic N) is 3. The lowest BCUT2D eigenvalue weighted by Gasteiger charge is -2.12. The molecular weight excluding hydrogens is 377 g/mol. The van der Waals surface area contributed by atoms with E-state index < -0.39 is 11.9 Å². The van der Waals surface area contributed by atoms with Crippen molar-refractivity contribution in [1.82, 2.24) is 14.7 Å². The van der Waals surface area contributed by atoms with Gasteiger partial charge in [0.25, 0.3) is 0 Å². The molecule has 0 spiro atoms. The van der Waals surface area contributed by atoms with Gasteiger partial charge < -0.3 is 10.0 Å². The zero-order valence-corrected chi connectivity index (χ0v) is 15.7. The highest BCUT2D eigenvalue weighted by Crippen LogP contribution is 2.25. The fourth-order valence-corrected chi connectivity index (χ4v) is 3.20. The molecule has 0 aliphatic carbocycles. The van der Waals surface area contributed by atoms with Crippen LogP contribution in [0.2, 0.25) is 5.15 Å². The Morgan fingerprint density at radius 3 is 2.62 bits per heavy atom. The van der Waals surface area contributed by atoms with Crippen molar-refractivity contribution in [3.8, 4) is 5.69 Å². The highest BCUT2D eigenvalue weighted by atomic mass is 35.5. The van der Waals surface area contributed by atoms with Gasteiger partial charge in [-0.3, -0.25) is 9.59 Å². The van der Waals surface area contributed by atoms with Crippen molar-refractivity contribution in [3.05, 3.63) is 52.8 Å². The van der Waals surface area contributed by atoms with E-state index in [4.69, 9.17) is 16.7 Å². The second-order valence-corrected chi connectivity index (χ2v) is 6.34. The van der Waals surface area contributed by atoms with Crippen LogP contribution >= 0.6 is 24.0 Å². The van der Waals surface area contributed by atoms with Crippen LogP contribution in [0.4, 0.5) is 0 Å². The minimum Gasteiger partial charge on any atom is -0.481 e. The number of carbonyl (C=O) groups excluding carboxylic acids is 1. The molecule has 2 heterocycles. The molecule has 1 aromatic heterocycles. The van der Waals surface area contributed by atoms with Gasteiger partial charge in [-0.2, -0.15) is 5.10 Å². The predicted molar refractivity (Wildman–Crippen MR) is 102 cm³/mol. The minimum atomic E-state index is -0.859. The molecule has 2 aromatic rings. The summed E-state index contributed by atoms with van der Waals surface area (Å²) in [6.07, 6.45) is 3.55. The molecule has 0 bridgehead atoms. The molecular formula is C18H19Cl2N3O3. The first-order valence-corrected chi connectivity index (χ1v) is 8.35. The van der Waals surface area contributed by atoms with Gasteiger partial charge in [0.2, 0.25) is 5.91 Å². The number of hydrogen-bond acceptors (Lipinski definition) is 3. The lowest BCUT2D eigenvalue weighted by atomic mass is 10.1. The number of likely N-dealkylation sites (tertiary alicyclic amines) is 1. The Balaban J connectivity index is 0.00000243. The standard InChI is InChI=1S/C18H18ClN3O3.ClH/c1-12-15(17(19)22(20-12)14-5-3-2-4-6-14)7-8-16(23)21-10-9-13(11-21)18(24)25;/h2-8,13H,9-11H2,1H3,(H,24,25);1H. The summed E-state index contributed by atoms with van der Waals surface area (Å²) >= 11 is 6.42. The maximum Gasteiger partial charge on any atom is 0.308 e. The van der Waals surface area contributed by atoms with Crippen LogP contribution in [0.25, 0.3) is 11.8 Å². The molecule has 0 radical (unpaired) electrons. The molecule has 26 heavy (non-hydrogen) atoms. The van der Waals surface area contributed by atoms with Crippen molar-refractivity contribution >= 4 is 42.0 Å². The van der Waals surface area contributed by atoms with Gasteiger partial charge in [-0.25, -0.2) is 4.68 Å². The van der Waals surface area contributed by atoms with E-state index in [-0.39, 0.29) is 24.9 Å². The van der Waals surface area contributed by atoms with Crippen LogP contribution in [0.5, 0.6) is 0 Å². The van der Waals surface area contributed by atoms with Crippen LogP contribution in [-0.2, 0) is 9.59 Å². The van der Waals surface area contributed by atoms with Crippen molar-refractivity contribution in [2.45, 2.75) is 13.3 Å². The Bertz CT molecular complexity index is 834. The number of benzene rings is 1. The highest BCUT2D eigenvalue weighted by molar-refractivity contribution is 6.31. The molecule has 1 aliphatic heterocycles. The highest BCUT2D eigenvalue weighted by Gasteiger charge is 2.29. The van der Waals surface area contributed by atoms with Crippen molar-refractivity contribution in [3.63, 3.8) is 0 Å². The smallest absolute Gasteiger partial charge is 0.308 e. The quantitative estimate of drug-likeness (QED) is 0.806. The molecule has 1 aromatic carbocycles. The van der Waals surface area contributed by atoms with Crippen LogP contribution in [-0.4, -0.2) is 44.8 Å². The fourth-order valence-electron chi connectivity index (χ4n) is 2.86. The SMILES string of the molecule is Cc1nn(-c2ccccc2)c(Cl)c1C=CC(=O)N1CCC(C(=O)O)C1.Cl. The van der Waals surface area contributed by atoms with E-state index in [2.05, 4.69) is 5.10 Å². The van der Waals surface area contributed by atoms with E-state index >= 15 is 0 Å². The molecule has 1 saturated heterocycles. The van der Waals surface area contributed by atoms with E-state index in [1.165, 1.54) is 6.08 Å². The first-order chi connectivity index (χ1) is 12.0. The third-order valence-corrected chi connectivity index (χ3v) is 4.65. The van der Waals surface area contributed by atoms with Crippen LogP contribution in [0.3, 0.4) is 0 Å². The third-order valence-electron chi connectivity index (χ3n) is 4.29. The molecule has 138 valence electrons. The van der Waals surface area contributed by atoms with Gasteiger partial charge in [0, 0.05) is 24.7 Å². The van der Waals surface area contributed by atoms with E-state index in [1.54, 1.807) is 15.7 Å². The first kappa shape index (κ1) is 20.0. The Kier molecular flexibility index (Phi) is 6.45. The lowest BCUT2D eigenvalue weighted by Crippen LogP contribution is -2.28. The lowest BCUT2D eigenvalue weighted by molar-refractivity contribution is -0.141. The molecule has 0 saturated carbocycles. The van der Waals surface area contributed by atoms with Gasteiger partial charge in [0.1, 0.15) is 5.15 Å². The maximum atomic E-state index is 12.3. The Morgan fingerprint density at radius 2 is 2.00 bits per heavy atom. The Morgan fingerprint density at radius 1 is 1.31 bits per heavy atom. The van der Waals surface area contributed by atoms with Crippen LogP contribution in [0.1, 0.15) is 17.7 Å². The number of aliphatic carboxylic acids is 1. The maximum absolute atomic E-state index is 12.3. The zero-order chi connectivity index (χ0) is 18.0. The molecule has 6 nitrogen and oxygen atoms in total. The second kappa shape index (κ2) is 8.38. The summed E-state index contributed by atoms with van der Waals surface area (Å²) in [5.74, 6) is -1.56. The summed E-state index contributed by atoms with van der Waals surface area (Å²) < 4.78 is 1.62. The topological polar surface area (TPSA) is 75.4 Å². The number of aromatic nitrogens is 2. The largest absolute Gasteiger partial charge is 0.481 e. The van der Waals surface area contributed by atoms with Crippen molar-refractivity contribution in [2.24, 2.45) is 5.92 Å². The number of amides is 1. The average Bonchev–Trinajstić information content (AvgIpc) is 3.20. The number of carbonyl (C=O) groups is 2. The van der Waals surface area contributed by atoms with Crippen LogP contribution in [0.15, 0.2) is 36.4 Å². The van der Waals surface area contributed by atoms with Crippen LogP contribution < -0.4 is 0 Å². The van der Waals surface area contributed by atoms with Gasteiger partial charge in [0.05, 0.1) is 17.3 Å². The monoisotopic (exact) mass is 395 g/mol. The average molecular weight is 396 g/mol. The van der Waals surface area contributed by atoms with E-state index in [0.29, 0.717) is 29.4 Å². The molecule has 1 fully saturated rings. The van der Waals surface area contributed by atoms with E-state index in [9.17, 15) is 9.59 Å². The molecule has 8 heteroatoms. The van der Waals surface area contributed by atoms with Gasteiger partial charge in [-0.05, 0) is 31.6 Å². The van der Waals surface area contributed by atoms with Gasteiger partial charge in [-0.15, -0.1) is 12.4 Å². The van der Waals surface area contributed by atoms with Crippen LogP contribution in [0, 0.1) is 12.8 Å². The van der Waals surface area contributed by atoms with E-state index in [0.717, 1.165) is 5.69 Å². The normalized spacial score (nSPS) is 16.7. The zero-order valence-electron chi connectivity index (χ0n) is 14.1. The van der Waals surface area contributed by atoms with E-state index in [1.807, 2.05) is 37.3 Å². The summed E-state index contributed by atoms with van der Waals surface area (Å²) in [5, 5.41) is 13.9. The van der Waals surface area contributed by atoms with Gasteiger partial charge >= 0.3 is 5.97 Å². The first-order valence-electron chi connectivity index (χ1n) is 7.97. The van der Waals surface area contributed by atoms with Crippen molar-refractivity contribution in [1.29, 1.82) is 0 Å². The molecule has 1 atom stereocenters. The second-order valence-electron chi connectivity index (χ2n) is 5.98. The summed E-state index contributed by atoms with van der Waals surface area (Å²) in [7, 11) is 0. The minimum absolute atomic E-state index is 0. The Hall–Kier alpha value is -2.31. The fraction of sp³-hybridized carbons (Fsp3) is 0.278. The Labute approximate surface area is 162 Å². The number of rotatable bonds is 4. The molecule has 3 rings (SSSR count). The van der Waals surface area contributed by atoms with Gasteiger partial charge in [-0.1, -0.05) is 29.8 Å². The molecule has 1 N–H and O–H groups in total. The van der Waals surface area contributed by atoms with Crippen molar-refractivity contribution in [2.75, 3.05) is 13.1 Å². The number of aryl methyl sites for hydroxylation is 1. The van der Waals surface area contributed by atoms with Crippen molar-refractivity contribution < 1.29 is 14.7 Å². The number of carboxylic acids is 1. The molecule has 1 unspecified atom stereocenters. The molecule has 1 aliphatic rings. The number of carboxylic acid groups (broad SMARTS) is 1. The number of hydrogen-bond donors (Lipinski definition) is 1. The summed E-state index contributed by atoms with van der Waals surface area (Å²) in [5.41, 5.74) is 2.22. The summed E-state index contributed by atoms with van der Waals surface area (Å²) in [4.78, 5) is 24.8. The molecule has 1 amide bonds. The third kappa shape index (κ3) is 4.08. The number of para-hydroxylation sites is 1. The van der Waals surface area contributed by atoms with Gasteiger partial charge in [0.15, 0.2) is 0 Å². The predicted octanol–water partition coefficient (Wildman–Crippen LogP) is 3.20. The summed E-state index contributed by atoms with van der Waals surface area (Å²) in [6.45, 7) is 2.52. The summed E-state index contributed by atoms with van der Waals surface area (Å²) in [6, 6.07) is 9.50.